The normalized spacial score (nSPS) is 14.1. The first-order chi connectivity index (χ1) is 33.6. The number of hydrogen-bond donors (Lipinski definition) is 1. The molecule has 1 aromatic heterocycles. The predicted octanol–water partition coefficient (Wildman–Crippen LogP) is 12.9. The van der Waals surface area contributed by atoms with Crippen LogP contribution in [0.25, 0.3) is 40.2 Å². The Kier molecular flexibility index (Phi) is 14.0. The molecule has 7 aromatic carbocycles. The van der Waals surface area contributed by atoms with Crippen molar-refractivity contribution < 1.29 is 14.9 Å². The fraction of sp³-hybridized carbons (Fsp3) is 0.0678. The van der Waals surface area contributed by atoms with Gasteiger partial charge >= 0.3 is 0 Å². The zero-order valence-electron chi connectivity index (χ0n) is 38.2. The van der Waals surface area contributed by atoms with Crippen LogP contribution in [0.15, 0.2) is 193 Å². The first kappa shape index (κ1) is 46.5. The second-order valence-electron chi connectivity index (χ2n) is 16.5. The lowest BCUT2D eigenvalue weighted by Crippen LogP contribution is -2.33. The van der Waals surface area contributed by atoms with E-state index < -0.39 is 5.56 Å². The van der Waals surface area contributed by atoms with Crippen molar-refractivity contribution in [3.05, 3.63) is 258 Å². The van der Waals surface area contributed by atoms with Crippen molar-refractivity contribution >= 4 is 103 Å². The second-order valence-corrected chi connectivity index (χ2v) is 19.2. The molecular formula is C59H47N3O4S3. The molecule has 10 heteroatoms. The molecule has 2 heterocycles. The molecule has 1 fully saturated rings. The first-order valence-electron chi connectivity index (χ1n) is 22.4. The summed E-state index contributed by atoms with van der Waals surface area (Å²) < 4.78 is 2.10. The predicted molar refractivity (Wildman–Crippen MR) is 292 cm³/mol. The average Bonchev–Trinajstić information content (AvgIpc) is 3.86. The molecule has 0 bridgehead atoms. The van der Waals surface area contributed by atoms with E-state index in [2.05, 4.69) is 188 Å². The second kappa shape index (κ2) is 20.7. The highest BCUT2D eigenvalue weighted by atomic mass is 32.2. The van der Waals surface area contributed by atoms with Gasteiger partial charge in [-0.05, 0) is 132 Å². The van der Waals surface area contributed by atoms with Gasteiger partial charge in [0.2, 0.25) is 5.88 Å². The molecule has 0 radical (unpaired) electrons. The summed E-state index contributed by atoms with van der Waals surface area (Å²) in [7, 11) is 0. The quantitative estimate of drug-likeness (QED) is 0.0406. The Morgan fingerprint density at radius 1 is 0.623 bits per heavy atom. The van der Waals surface area contributed by atoms with E-state index >= 15 is 0 Å². The van der Waals surface area contributed by atoms with Gasteiger partial charge in [0.1, 0.15) is 13.9 Å². The number of thioether (sulfide) groups is 1. The van der Waals surface area contributed by atoms with Gasteiger partial charge in [0.25, 0.3) is 11.5 Å². The number of thiazole rings is 1. The minimum Gasteiger partial charge on any atom is -0.322 e. The molecule has 7 nitrogen and oxygen atoms in total. The summed E-state index contributed by atoms with van der Waals surface area (Å²) in [6, 6.07) is 63.3. The molecule has 1 N–H and O–H groups in total. The van der Waals surface area contributed by atoms with Crippen LogP contribution >= 0.6 is 35.3 Å². The maximum Gasteiger partial charge on any atom is 0.276 e. The number of hydrogen-bond acceptors (Lipinski definition) is 8. The number of rotatable bonds is 13. The molecule has 1 aliphatic rings. The number of anilines is 3. The van der Waals surface area contributed by atoms with Gasteiger partial charge in [-0.2, -0.15) is 0 Å². The first-order valence-corrected chi connectivity index (χ1v) is 24.4. The van der Waals surface area contributed by atoms with E-state index in [0.717, 1.165) is 94.8 Å². The van der Waals surface area contributed by atoms with Crippen molar-refractivity contribution in [3.8, 4) is 0 Å². The molecule has 1 aliphatic heterocycles. The van der Waals surface area contributed by atoms with E-state index in [0.29, 0.717) is 15.4 Å². The maximum atomic E-state index is 13.9. The monoisotopic (exact) mass is 957 g/mol. The number of amides is 1. The van der Waals surface area contributed by atoms with Crippen LogP contribution in [-0.4, -0.2) is 31.5 Å². The average molecular weight is 958 g/mol. The minimum atomic E-state index is -0.486. The fourth-order valence-electron chi connectivity index (χ4n) is 8.16. The highest BCUT2D eigenvalue weighted by Gasteiger charge is 2.33. The molecule has 0 unspecified atom stereocenters. The lowest BCUT2D eigenvalue weighted by Gasteiger charge is -2.26. The zero-order valence-corrected chi connectivity index (χ0v) is 40.7. The number of nitrogens with zero attached hydrogens (tertiary/aromatic N) is 3. The van der Waals surface area contributed by atoms with Gasteiger partial charge in [0.05, 0.1) is 4.53 Å². The van der Waals surface area contributed by atoms with Crippen LogP contribution in [0.3, 0.4) is 0 Å². The van der Waals surface area contributed by atoms with Crippen LogP contribution < -0.4 is 19.7 Å². The molecular weight excluding hydrogens is 911 g/mol. The number of carbonyl (C=O) groups is 1. The largest absolute Gasteiger partial charge is 0.322 e. The van der Waals surface area contributed by atoms with E-state index in [1.807, 2.05) is 43.3 Å². The molecule has 0 aliphatic carbocycles. The smallest absolute Gasteiger partial charge is 0.276 e. The maximum absolute atomic E-state index is 13.9. The van der Waals surface area contributed by atoms with Crippen molar-refractivity contribution in [2.45, 2.75) is 20.8 Å². The Bertz CT molecular complexity index is 3290. The van der Waals surface area contributed by atoms with E-state index in [-0.39, 0.29) is 21.4 Å². The van der Waals surface area contributed by atoms with Gasteiger partial charge in [-0.15, -0.1) is 11.3 Å². The van der Waals surface area contributed by atoms with Crippen LogP contribution in [0, 0.1) is 13.8 Å². The number of benzene rings is 7. The van der Waals surface area contributed by atoms with Gasteiger partial charge in [-0.1, -0.05) is 181 Å². The van der Waals surface area contributed by atoms with E-state index in [1.165, 1.54) is 16.0 Å². The SMILES string of the molecule is C=C(OO)n1c(=C2SC(=S)N(CC)C2=O)sc(=Cc2ccc(N(c3ccc(C=C(c4ccccc4)c4ccc(C)cc4)cc3)c3ccc(C=C(c4ccccc4)c4ccc(C)cc4)cc3)cc2)c1=O. The standard InChI is InChI=1S/C59H47N3O4S3/c1-5-60-57(64)55(69-59(60)67)58-61(41(4)66-65)56(63)54(68-58)38-44-24-34-51(35-25-44)62(49-30-20-42(21-31-49)36-52(45-12-8-6-9-13-45)47-26-16-39(2)17-27-47)50-32-22-43(23-33-50)37-53(46-14-10-7-11-15-46)48-28-18-40(3)19-29-48/h6-38,65H,4-5H2,1-3H3. The highest BCUT2D eigenvalue weighted by Crippen LogP contribution is 2.37. The zero-order chi connectivity index (χ0) is 48.0. The summed E-state index contributed by atoms with van der Waals surface area (Å²) in [5, 5.41) is 9.57. The lowest BCUT2D eigenvalue weighted by atomic mass is 9.95. The van der Waals surface area contributed by atoms with E-state index in [9.17, 15) is 14.8 Å². The molecule has 0 atom stereocenters. The Morgan fingerprint density at radius 3 is 1.45 bits per heavy atom. The minimum absolute atomic E-state index is 0.272. The molecule has 340 valence electrons. The van der Waals surface area contributed by atoms with Crippen molar-refractivity contribution in [1.29, 1.82) is 0 Å². The van der Waals surface area contributed by atoms with Gasteiger partial charge < -0.3 is 9.79 Å². The summed E-state index contributed by atoms with van der Waals surface area (Å²) in [4.78, 5) is 35.6. The Labute approximate surface area is 415 Å². The molecule has 9 rings (SSSR count). The molecule has 0 saturated carbocycles. The number of aryl methyl sites for hydroxylation is 2. The molecule has 69 heavy (non-hydrogen) atoms. The van der Waals surface area contributed by atoms with Crippen molar-refractivity contribution in [2.75, 3.05) is 11.4 Å². The van der Waals surface area contributed by atoms with Gasteiger partial charge in [0.15, 0.2) is 0 Å². The third-order valence-corrected chi connectivity index (χ3v) is 14.5. The van der Waals surface area contributed by atoms with Gasteiger partial charge in [-0.3, -0.25) is 14.5 Å². The fourth-order valence-corrected chi connectivity index (χ4v) is 10.8. The summed E-state index contributed by atoms with van der Waals surface area (Å²) in [6.45, 7) is 10.1. The summed E-state index contributed by atoms with van der Waals surface area (Å²) in [5.74, 6) is -0.636. The Hall–Kier alpha value is -7.60. The molecule has 8 aromatic rings. The van der Waals surface area contributed by atoms with Gasteiger partial charge in [-0.25, -0.2) is 9.82 Å². The van der Waals surface area contributed by atoms with Crippen LogP contribution in [0.2, 0.25) is 0 Å². The molecule has 1 amide bonds. The Morgan fingerprint density at radius 2 is 1.04 bits per heavy atom. The van der Waals surface area contributed by atoms with Crippen molar-refractivity contribution in [3.63, 3.8) is 0 Å². The lowest BCUT2D eigenvalue weighted by molar-refractivity contribution is -0.176. The van der Waals surface area contributed by atoms with Gasteiger partial charge in [0, 0.05) is 23.6 Å². The molecule has 1 saturated heterocycles. The molecule has 0 spiro atoms. The third-order valence-electron chi connectivity index (χ3n) is 11.8. The topological polar surface area (TPSA) is 75.0 Å². The Balaban J connectivity index is 1.12. The number of thiocarbonyl (C=S) groups is 1. The third kappa shape index (κ3) is 10.2. The van der Waals surface area contributed by atoms with E-state index in [4.69, 9.17) is 12.2 Å². The summed E-state index contributed by atoms with van der Waals surface area (Å²) >= 11 is 7.66. The van der Waals surface area contributed by atoms with E-state index in [1.54, 1.807) is 6.08 Å². The van der Waals surface area contributed by atoms with Crippen LogP contribution in [-0.2, 0) is 9.68 Å². The van der Waals surface area contributed by atoms with Crippen LogP contribution in [0.4, 0.5) is 17.1 Å². The highest BCUT2D eigenvalue weighted by molar-refractivity contribution is 8.30. The van der Waals surface area contributed by atoms with Crippen molar-refractivity contribution in [1.82, 2.24) is 9.47 Å². The summed E-state index contributed by atoms with van der Waals surface area (Å²) in [5.41, 5.74) is 14.4. The number of carbonyl (C=O) groups excluding carboxylic acids is 1. The van der Waals surface area contributed by atoms with Crippen molar-refractivity contribution in [2.24, 2.45) is 0 Å². The summed E-state index contributed by atoms with van der Waals surface area (Å²) in [6.07, 6.45) is 6.22. The number of aromatic nitrogens is 1. The van der Waals surface area contributed by atoms with Crippen LogP contribution in [0.1, 0.15) is 57.0 Å². The van der Waals surface area contributed by atoms with Crippen LogP contribution in [0.5, 0.6) is 0 Å².